The predicted molar refractivity (Wildman–Crippen MR) is 140 cm³/mol. The molecular weight excluding hydrogens is 450 g/mol. The number of hydrogen-bond acceptors (Lipinski definition) is 5. The first-order chi connectivity index (χ1) is 17.7. The third-order valence-electron chi connectivity index (χ3n) is 7.40. The molecule has 3 aromatic heterocycles. The van der Waals surface area contributed by atoms with Crippen LogP contribution in [0, 0.1) is 5.92 Å². The number of aromatic nitrogens is 7. The fraction of sp³-hybridized carbons (Fsp3) is 0.464. The Balaban J connectivity index is 1.35. The lowest BCUT2D eigenvalue weighted by Gasteiger charge is -2.21. The lowest BCUT2D eigenvalue weighted by atomic mass is 9.87. The van der Waals surface area contributed by atoms with Crippen LogP contribution in [0.25, 0.3) is 22.5 Å². The molecule has 0 amide bonds. The largest absolute Gasteiger partial charge is 0.328 e. The van der Waals surface area contributed by atoms with Gasteiger partial charge < -0.3 is 0 Å². The van der Waals surface area contributed by atoms with Crippen LogP contribution < -0.4 is 5.69 Å². The summed E-state index contributed by atoms with van der Waals surface area (Å²) in [4.78, 5) is 18.1. The van der Waals surface area contributed by atoms with E-state index >= 15 is 0 Å². The Bertz CT molecular complexity index is 1300. The van der Waals surface area contributed by atoms with Crippen LogP contribution >= 0.6 is 0 Å². The molecule has 0 spiro atoms. The van der Waals surface area contributed by atoms with Gasteiger partial charge in [0.25, 0.3) is 0 Å². The lowest BCUT2D eigenvalue weighted by molar-refractivity contribution is 0.322. The zero-order valence-corrected chi connectivity index (χ0v) is 21.1. The van der Waals surface area contributed by atoms with Gasteiger partial charge in [-0.05, 0) is 47.2 Å². The van der Waals surface area contributed by atoms with Gasteiger partial charge >= 0.3 is 5.69 Å². The van der Waals surface area contributed by atoms with Crippen molar-refractivity contribution in [2.75, 3.05) is 0 Å². The minimum atomic E-state index is 0.0888. The standard InChI is InChI=1S/C28H35N7O/c1-2-3-11-24-20-34(17-16-21-9-5-4-6-10-21)28(36)35(24)19-23-15-14-22(18-29-23)25-12-7-8-13-26(25)27-30-32-33-31-27/h7-8,12-15,18,20-21H,2-6,9-11,16-17,19H2,1H3,(H,30,31,32,33). The molecule has 0 saturated heterocycles. The summed E-state index contributed by atoms with van der Waals surface area (Å²) >= 11 is 0. The summed E-state index contributed by atoms with van der Waals surface area (Å²) in [6.45, 7) is 3.49. The molecule has 0 bridgehead atoms. The number of nitrogens with one attached hydrogen (secondary N) is 1. The van der Waals surface area contributed by atoms with Crippen LogP contribution in [0.4, 0.5) is 0 Å². The number of hydrogen-bond donors (Lipinski definition) is 1. The highest BCUT2D eigenvalue weighted by atomic mass is 16.1. The smallest absolute Gasteiger partial charge is 0.299 e. The number of nitrogens with zero attached hydrogens (tertiary/aromatic N) is 6. The van der Waals surface area contributed by atoms with Gasteiger partial charge in [-0.25, -0.2) is 9.89 Å². The summed E-state index contributed by atoms with van der Waals surface area (Å²) in [5.74, 6) is 1.38. The van der Waals surface area contributed by atoms with Crippen LogP contribution in [0.1, 0.15) is 69.7 Å². The molecule has 0 atom stereocenters. The molecule has 1 saturated carbocycles. The first-order valence-corrected chi connectivity index (χ1v) is 13.3. The number of unbranched alkanes of at least 4 members (excludes halogenated alkanes) is 1. The van der Waals surface area contributed by atoms with E-state index in [-0.39, 0.29) is 5.69 Å². The normalized spacial score (nSPS) is 14.4. The molecule has 0 unspecified atom stereocenters. The Morgan fingerprint density at radius 1 is 1.06 bits per heavy atom. The number of pyridine rings is 1. The van der Waals surface area contributed by atoms with Gasteiger partial charge in [0.15, 0.2) is 5.82 Å². The number of tetrazole rings is 1. The van der Waals surface area contributed by atoms with Crippen LogP contribution in [-0.4, -0.2) is 34.7 Å². The van der Waals surface area contributed by atoms with Gasteiger partial charge in [-0.3, -0.25) is 14.1 Å². The molecule has 1 aliphatic carbocycles. The van der Waals surface area contributed by atoms with Crippen molar-refractivity contribution in [2.45, 2.75) is 77.8 Å². The van der Waals surface area contributed by atoms with Gasteiger partial charge in [0, 0.05) is 35.8 Å². The van der Waals surface area contributed by atoms with Gasteiger partial charge in [0.05, 0.1) is 12.2 Å². The Labute approximate surface area is 211 Å². The van der Waals surface area contributed by atoms with Crippen molar-refractivity contribution in [1.29, 1.82) is 0 Å². The summed E-state index contributed by atoms with van der Waals surface area (Å²) in [6, 6.07) is 12.1. The molecule has 1 aromatic carbocycles. The van der Waals surface area contributed by atoms with Crippen LogP contribution in [-0.2, 0) is 19.5 Å². The molecule has 188 valence electrons. The molecular formula is C28H35N7O. The summed E-state index contributed by atoms with van der Waals surface area (Å²) < 4.78 is 3.86. The van der Waals surface area contributed by atoms with E-state index in [2.05, 4.69) is 39.8 Å². The van der Waals surface area contributed by atoms with Crippen molar-refractivity contribution in [2.24, 2.45) is 5.92 Å². The zero-order valence-electron chi connectivity index (χ0n) is 21.1. The Morgan fingerprint density at radius 3 is 2.61 bits per heavy atom. The average Bonchev–Trinajstić information content (AvgIpc) is 3.56. The van der Waals surface area contributed by atoms with E-state index in [1.54, 1.807) is 0 Å². The minimum Gasteiger partial charge on any atom is -0.299 e. The number of aromatic amines is 1. The van der Waals surface area contributed by atoms with E-state index in [0.29, 0.717) is 12.4 Å². The second-order valence-corrected chi connectivity index (χ2v) is 9.91. The van der Waals surface area contributed by atoms with Crippen LogP contribution in [0.15, 0.2) is 53.6 Å². The molecule has 5 rings (SSSR count). The molecule has 0 aliphatic heterocycles. The number of aryl methyl sites for hydroxylation is 2. The van der Waals surface area contributed by atoms with Gasteiger partial charge in [0.2, 0.25) is 0 Å². The zero-order chi connectivity index (χ0) is 24.7. The quantitative estimate of drug-likeness (QED) is 0.331. The van der Waals surface area contributed by atoms with Crippen LogP contribution in [0.5, 0.6) is 0 Å². The van der Waals surface area contributed by atoms with E-state index < -0.39 is 0 Å². The molecule has 1 aliphatic rings. The highest BCUT2D eigenvalue weighted by Crippen LogP contribution is 2.29. The molecule has 1 fully saturated rings. The summed E-state index contributed by atoms with van der Waals surface area (Å²) in [5, 5.41) is 14.3. The SMILES string of the molecule is CCCCc1cn(CCC2CCCCC2)c(=O)n1Cc1ccc(-c2ccccc2-c2nnn[nH]2)cn1. The molecule has 0 radical (unpaired) electrons. The van der Waals surface area contributed by atoms with E-state index in [9.17, 15) is 4.79 Å². The third-order valence-corrected chi connectivity index (χ3v) is 7.40. The fourth-order valence-electron chi connectivity index (χ4n) is 5.32. The Morgan fingerprint density at radius 2 is 1.89 bits per heavy atom. The van der Waals surface area contributed by atoms with Gasteiger partial charge in [-0.2, -0.15) is 0 Å². The van der Waals surface area contributed by atoms with Crippen molar-refractivity contribution in [1.82, 2.24) is 34.7 Å². The van der Waals surface area contributed by atoms with E-state index in [4.69, 9.17) is 4.98 Å². The molecule has 8 nitrogen and oxygen atoms in total. The maximum absolute atomic E-state index is 13.4. The topological polar surface area (TPSA) is 94.3 Å². The van der Waals surface area contributed by atoms with Gasteiger partial charge in [0.1, 0.15) is 0 Å². The predicted octanol–water partition coefficient (Wildman–Crippen LogP) is 5.25. The average molecular weight is 486 g/mol. The summed E-state index contributed by atoms with van der Waals surface area (Å²) in [6.07, 6.45) is 14.8. The molecule has 36 heavy (non-hydrogen) atoms. The molecule has 3 heterocycles. The maximum atomic E-state index is 13.4. The molecule has 8 heteroatoms. The molecule has 4 aromatic rings. The van der Waals surface area contributed by atoms with E-state index in [1.807, 2.05) is 45.7 Å². The van der Waals surface area contributed by atoms with Gasteiger partial charge in [-0.15, -0.1) is 5.10 Å². The number of rotatable bonds is 10. The van der Waals surface area contributed by atoms with Crippen LogP contribution in [0.3, 0.4) is 0 Å². The first-order valence-electron chi connectivity index (χ1n) is 13.3. The number of H-pyrrole nitrogens is 1. The fourth-order valence-corrected chi connectivity index (χ4v) is 5.32. The van der Waals surface area contributed by atoms with Crippen molar-refractivity contribution < 1.29 is 0 Å². The number of benzene rings is 1. The third kappa shape index (κ3) is 5.48. The van der Waals surface area contributed by atoms with E-state index in [0.717, 1.165) is 66.2 Å². The molecule has 1 N–H and O–H groups in total. The van der Waals surface area contributed by atoms with Crippen molar-refractivity contribution in [3.05, 3.63) is 70.7 Å². The van der Waals surface area contributed by atoms with Crippen LogP contribution in [0.2, 0.25) is 0 Å². The lowest BCUT2D eigenvalue weighted by Crippen LogP contribution is -2.26. The van der Waals surface area contributed by atoms with Crippen molar-refractivity contribution >= 4 is 0 Å². The first kappa shape index (κ1) is 24.2. The highest BCUT2D eigenvalue weighted by Gasteiger charge is 2.17. The monoisotopic (exact) mass is 485 g/mol. The van der Waals surface area contributed by atoms with Gasteiger partial charge in [-0.1, -0.05) is 75.8 Å². The maximum Gasteiger partial charge on any atom is 0.328 e. The second-order valence-electron chi connectivity index (χ2n) is 9.91. The minimum absolute atomic E-state index is 0.0888. The Kier molecular flexibility index (Phi) is 7.69. The number of imidazole rings is 1. The van der Waals surface area contributed by atoms with E-state index in [1.165, 1.54) is 32.1 Å². The van der Waals surface area contributed by atoms with Crippen molar-refractivity contribution in [3.8, 4) is 22.5 Å². The summed E-state index contributed by atoms with van der Waals surface area (Å²) in [7, 11) is 0. The second kappa shape index (κ2) is 11.5. The highest BCUT2D eigenvalue weighted by molar-refractivity contribution is 5.79. The summed E-state index contributed by atoms with van der Waals surface area (Å²) in [5.41, 5.74) is 4.98. The van der Waals surface area contributed by atoms with Crippen molar-refractivity contribution in [3.63, 3.8) is 0 Å². The Hall–Kier alpha value is -3.55.